The predicted molar refractivity (Wildman–Crippen MR) is 143 cm³/mol. The van der Waals surface area contributed by atoms with Crippen LogP contribution in [-0.4, -0.2) is 56.1 Å². The van der Waals surface area contributed by atoms with E-state index in [2.05, 4.69) is 28.1 Å². The summed E-state index contributed by atoms with van der Waals surface area (Å²) in [4.78, 5) is 49.4. The molecule has 186 valence electrons. The van der Waals surface area contributed by atoms with Crippen molar-refractivity contribution in [1.82, 2.24) is 24.0 Å². The number of piperazine rings is 1. The molecular weight excluding hydrogens is 468 g/mol. The number of rotatable bonds is 4. The van der Waals surface area contributed by atoms with Crippen LogP contribution in [0.2, 0.25) is 0 Å². The van der Waals surface area contributed by atoms with Crippen molar-refractivity contribution in [2.45, 2.75) is 6.54 Å². The normalized spacial score (nSPS) is 14.0. The third kappa shape index (κ3) is 3.98. The van der Waals surface area contributed by atoms with E-state index in [9.17, 15) is 14.4 Å². The fourth-order valence-electron chi connectivity index (χ4n) is 5.09. The van der Waals surface area contributed by atoms with Gasteiger partial charge in [0.2, 0.25) is 5.95 Å². The van der Waals surface area contributed by atoms with Gasteiger partial charge < -0.3 is 9.80 Å². The zero-order valence-corrected chi connectivity index (χ0v) is 20.4. The monoisotopic (exact) mass is 494 g/mol. The number of aryl methyl sites for hydroxylation is 1. The number of aromatic nitrogens is 4. The molecule has 1 N–H and O–H groups in total. The minimum absolute atomic E-state index is 0.00310. The largest absolute Gasteiger partial charge is 0.339 e. The molecule has 0 unspecified atom stereocenters. The fourth-order valence-corrected chi connectivity index (χ4v) is 5.09. The highest BCUT2D eigenvalue weighted by molar-refractivity contribution is 5.94. The third-order valence-electron chi connectivity index (χ3n) is 7.07. The highest BCUT2D eigenvalue weighted by atomic mass is 16.2. The minimum atomic E-state index is -0.503. The first-order valence-corrected chi connectivity index (χ1v) is 12.3. The van der Waals surface area contributed by atoms with Crippen LogP contribution in [0.5, 0.6) is 0 Å². The predicted octanol–water partition coefficient (Wildman–Crippen LogP) is 2.59. The smallest absolute Gasteiger partial charge is 0.329 e. The van der Waals surface area contributed by atoms with Crippen LogP contribution < -0.4 is 16.1 Å². The van der Waals surface area contributed by atoms with Gasteiger partial charge in [-0.25, -0.2) is 4.79 Å². The van der Waals surface area contributed by atoms with E-state index in [1.165, 1.54) is 4.57 Å². The van der Waals surface area contributed by atoms with Crippen molar-refractivity contribution in [3.8, 4) is 0 Å². The van der Waals surface area contributed by atoms with E-state index in [-0.39, 0.29) is 5.91 Å². The van der Waals surface area contributed by atoms with Gasteiger partial charge >= 0.3 is 5.69 Å². The van der Waals surface area contributed by atoms with E-state index < -0.39 is 11.2 Å². The lowest BCUT2D eigenvalue weighted by atomic mass is 10.0. The zero-order chi connectivity index (χ0) is 25.5. The molecule has 6 rings (SSSR count). The molecule has 0 radical (unpaired) electrons. The quantitative estimate of drug-likeness (QED) is 0.414. The number of nitrogens with zero attached hydrogens (tertiary/aromatic N) is 5. The first-order valence-electron chi connectivity index (χ1n) is 12.3. The Bertz CT molecular complexity index is 1740. The van der Waals surface area contributed by atoms with Crippen molar-refractivity contribution < 1.29 is 4.79 Å². The van der Waals surface area contributed by atoms with Crippen LogP contribution in [0.3, 0.4) is 0 Å². The molecule has 0 saturated carbocycles. The van der Waals surface area contributed by atoms with Gasteiger partial charge in [-0.15, -0.1) is 0 Å². The van der Waals surface area contributed by atoms with Gasteiger partial charge in [-0.2, -0.15) is 4.98 Å². The van der Waals surface area contributed by atoms with Crippen LogP contribution in [0.1, 0.15) is 15.9 Å². The number of nitrogens with one attached hydrogen (secondary N) is 1. The molecule has 1 aliphatic rings. The van der Waals surface area contributed by atoms with Crippen LogP contribution >= 0.6 is 0 Å². The number of amides is 1. The van der Waals surface area contributed by atoms with Crippen LogP contribution in [0.4, 0.5) is 5.95 Å². The lowest BCUT2D eigenvalue weighted by Gasteiger charge is -2.35. The summed E-state index contributed by atoms with van der Waals surface area (Å²) in [5.74, 6) is 0.616. The van der Waals surface area contributed by atoms with Crippen LogP contribution in [-0.2, 0) is 13.6 Å². The first kappa shape index (κ1) is 22.8. The Kier molecular flexibility index (Phi) is 5.60. The van der Waals surface area contributed by atoms with Crippen molar-refractivity contribution in [2.75, 3.05) is 31.1 Å². The Morgan fingerprint density at radius 3 is 2.38 bits per heavy atom. The molecule has 3 aromatic carbocycles. The van der Waals surface area contributed by atoms with E-state index in [0.29, 0.717) is 55.4 Å². The van der Waals surface area contributed by atoms with Crippen molar-refractivity contribution >= 4 is 33.8 Å². The van der Waals surface area contributed by atoms with E-state index >= 15 is 0 Å². The summed E-state index contributed by atoms with van der Waals surface area (Å²) in [7, 11) is 1.61. The molecule has 0 bridgehead atoms. The number of fused-ring (bicyclic) bond motifs is 2. The summed E-state index contributed by atoms with van der Waals surface area (Å²) in [5.41, 5.74) is 1.44. The van der Waals surface area contributed by atoms with E-state index in [1.54, 1.807) is 7.05 Å². The standard InChI is InChI=1S/C28H26N6O3/c1-31-24-23(25(35)30-28(31)37)34(18-21-12-7-11-19-8-5-6-13-22(19)21)27(29-24)33-16-14-32(15-17-33)26(36)20-9-3-2-4-10-20/h2-13H,14-18H2,1H3,(H,30,35,37). The first-order chi connectivity index (χ1) is 18.0. The van der Waals surface area contributed by atoms with Gasteiger partial charge in [0.25, 0.3) is 11.5 Å². The number of H-pyrrole nitrogens is 1. The average molecular weight is 495 g/mol. The number of aromatic amines is 1. The second-order valence-electron chi connectivity index (χ2n) is 9.27. The van der Waals surface area contributed by atoms with Crippen molar-refractivity contribution in [3.63, 3.8) is 0 Å². The summed E-state index contributed by atoms with van der Waals surface area (Å²) < 4.78 is 3.26. The lowest BCUT2D eigenvalue weighted by Crippen LogP contribution is -2.49. The molecule has 1 aliphatic heterocycles. The molecule has 0 atom stereocenters. The van der Waals surface area contributed by atoms with Crippen LogP contribution in [0.15, 0.2) is 82.4 Å². The molecule has 1 saturated heterocycles. The summed E-state index contributed by atoms with van der Waals surface area (Å²) in [5, 5.41) is 2.21. The van der Waals surface area contributed by atoms with Gasteiger partial charge in [0.05, 0.1) is 6.54 Å². The summed E-state index contributed by atoms with van der Waals surface area (Å²) in [6.45, 7) is 2.59. The maximum absolute atomic E-state index is 13.0. The van der Waals surface area contributed by atoms with Gasteiger partial charge in [-0.3, -0.25) is 23.7 Å². The molecule has 1 amide bonds. The summed E-state index contributed by atoms with van der Waals surface area (Å²) >= 11 is 0. The number of carbonyl (C=O) groups excluding carboxylic acids is 1. The average Bonchev–Trinajstić information content (AvgIpc) is 3.32. The zero-order valence-electron chi connectivity index (χ0n) is 20.4. The molecule has 0 aliphatic carbocycles. The molecular formula is C28H26N6O3. The number of hydrogen-bond acceptors (Lipinski definition) is 5. The number of imidazole rings is 1. The number of carbonyl (C=O) groups is 1. The molecule has 9 heteroatoms. The van der Waals surface area contributed by atoms with Gasteiger partial charge in [-0.05, 0) is 28.5 Å². The second-order valence-corrected chi connectivity index (χ2v) is 9.27. The summed E-state index contributed by atoms with van der Waals surface area (Å²) in [6, 6.07) is 23.5. The van der Waals surface area contributed by atoms with E-state index in [4.69, 9.17) is 4.98 Å². The van der Waals surface area contributed by atoms with Gasteiger partial charge in [0.1, 0.15) is 0 Å². The number of hydrogen-bond donors (Lipinski definition) is 1. The highest BCUT2D eigenvalue weighted by Gasteiger charge is 2.27. The molecule has 5 aromatic rings. The molecule has 9 nitrogen and oxygen atoms in total. The Morgan fingerprint density at radius 2 is 1.59 bits per heavy atom. The molecule has 3 heterocycles. The van der Waals surface area contributed by atoms with Gasteiger partial charge in [0, 0.05) is 38.8 Å². The summed E-state index contributed by atoms with van der Waals surface area (Å²) in [6.07, 6.45) is 0. The third-order valence-corrected chi connectivity index (χ3v) is 7.07. The Hall–Kier alpha value is -4.66. The Labute approximate surface area is 212 Å². The van der Waals surface area contributed by atoms with Gasteiger partial charge in [0.15, 0.2) is 11.2 Å². The Morgan fingerprint density at radius 1 is 0.892 bits per heavy atom. The minimum Gasteiger partial charge on any atom is -0.339 e. The van der Waals surface area contributed by atoms with E-state index in [1.807, 2.05) is 64.1 Å². The molecule has 2 aromatic heterocycles. The van der Waals surface area contributed by atoms with E-state index in [0.717, 1.165) is 16.3 Å². The number of anilines is 1. The number of benzene rings is 3. The molecule has 0 spiro atoms. The maximum atomic E-state index is 13.0. The maximum Gasteiger partial charge on any atom is 0.329 e. The molecule has 37 heavy (non-hydrogen) atoms. The van der Waals surface area contributed by atoms with Gasteiger partial charge in [-0.1, -0.05) is 60.7 Å². The lowest BCUT2D eigenvalue weighted by molar-refractivity contribution is 0.0746. The topological polar surface area (TPSA) is 96.2 Å². The Balaban J connectivity index is 1.39. The van der Waals surface area contributed by atoms with Crippen molar-refractivity contribution in [1.29, 1.82) is 0 Å². The van der Waals surface area contributed by atoms with Crippen LogP contribution in [0.25, 0.3) is 21.9 Å². The highest BCUT2D eigenvalue weighted by Crippen LogP contribution is 2.26. The van der Waals surface area contributed by atoms with Crippen LogP contribution in [0, 0.1) is 0 Å². The van der Waals surface area contributed by atoms with Crippen molar-refractivity contribution in [3.05, 3.63) is 105 Å². The fraction of sp³-hybridized carbons (Fsp3) is 0.214. The van der Waals surface area contributed by atoms with Crippen molar-refractivity contribution in [2.24, 2.45) is 7.05 Å². The second kappa shape index (κ2) is 9.09. The SMILES string of the molecule is Cn1c(=O)[nH]c(=O)c2c1nc(N1CCN(C(=O)c3ccccc3)CC1)n2Cc1cccc2ccccc12. The molecule has 1 fully saturated rings.